The molecule has 94 valence electrons. The molecule has 0 radical (unpaired) electrons. The lowest BCUT2D eigenvalue weighted by Gasteiger charge is -2.09. The van der Waals surface area contributed by atoms with Crippen molar-refractivity contribution in [3.05, 3.63) is 36.5 Å². The average molecular weight is 244 g/mol. The number of rotatable bonds is 4. The molecule has 4 heteroatoms. The van der Waals surface area contributed by atoms with E-state index in [1.807, 2.05) is 37.4 Å². The third kappa shape index (κ3) is 2.53. The summed E-state index contributed by atoms with van der Waals surface area (Å²) in [6.45, 7) is 0. The third-order valence-electron chi connectivity index (χ3n) is 2.70. The van der Waals surface area contributed by atoms with E-state index in [4.69, 9.17) is 9.47 Å². The Kier molecular flexibility index (Phi) is 3.67. The summed E-state index contributed by atoms with van der Waals surface area (Å²) in [6.07, 6.45) is 1.77. The SMILES string of the molecule is CNc1ccnc(-c2cc(OC)cc(OC)c2)c1. The van der Waals surface area contributed by atoms with Gasteiger partial charge in [0.2, 0.25) is 0 Å². The van der Waals surface area contributed by atoms with Crippen LogP contribution in [0.2, 0.25) is 0 Å². The molecule has 2 aromatic rings. The molecule has 1 N–H and O–H groups in total. The molecule has 1 heterocycles. The van der Waals surface area contributed by atoms with Gasteiger partial charge in [0, 0.05) is 30.6 Å². The molecule has 4 nitrogen and oxygen atoms in total. The maximum atomic E-state index is 5.25. The number of aromatic nitrogens is 1. The molecule has 18 heavy (non-hydrogen) atoms. The summed E-state index contributed by atoms with van der Waals surface area (Å²) in [7, 11) is 5.15. The molecule has 0 saturated carbocycles. The molecular weight excluding hydrogens is 228 g/mol. The second-order valence-corrected chi connectivity index (χ2v) is 3.78. The van der Waals surface area contributed by atoms with Crippen LogP contribution in [0.15, 0.2) is 36.5 Å². The van der Waals surface area contributed by atoms with Crippen LogP contribution in [0.4, 0.5) is 5.69 Å². The Morgan fingerprint density at radius 1 is 1.00 bits per heavy atom. The van der Waals surface area contributed by atoms with Crippen molar-refractivity contribution in [3.63, 3.8) is 0 Å². The molecule has 0 fully saturated rings. The smallest absolute Gasteiger partial charge is 0.123 e. The minimum absolute atomic E-state index is 0.751. The summed E-state index contributed by atoms with van der Waals surface area (Å²) in [5.74, 6) is 1.50. The summed E-state index contributed by atoms with van der Waals surface area (Å²) >= 11 is 0. The first-order valence-electron chi connectivity index (χ1n) is 5.64. The van der Waals surface area contributed by atoms with Gasteiger partial charge >= 0.3 is 0 Å². The van der Waals surface area contributed by atoms with Crippen LogP contribution < -0.4 is 14.8 Å². The topological polar surface area (TPSA) is 43.4 Å². The van der Waals surface area contributed by atoms with Crippen LogP contribution in [-0.2, 0) is 0 Å². The molecule has 0 aliphatic carbocycles. The lowest BCUT2D eigenvalue weighted by molar-refractivity contribution is 0.394. The fourth-order valence-corrected chi connectivity index (χ4v) is 1.70. The number of anilines is 1. The monoisotopic (exact) mass is 244 g/mol. The van der Waals surface area contributed by atoms with Crippen molar-refractivity contribution in [2.45, 2.75) is 0 Å². The molecule has 1 aromatic heterocycles. The van der Waals surface area contributed by atoms with E-state index < -0.39 is 0 Å². The zero-order valence-corrected chi connectivity index (χ0v) is 10.7. The Hall–Kier alpha value is -2.23. The van der Waals surface area contributed by atoms with Gasteiger partial charge in [-0.1, -0.05) is 0 Å². The van der Waals surface area contributed by atoms with Gasteiger partial charge in [-0.05, 0) is 24.3 Å². The largest absolute Gasteiger partial charge is 0.497 e. The Labute approximate surface area is 107 Å². The van der Waals surface area contributed by atoms with Crippen LogP contribution in [0.3, 0.4) is 0 Å². The van der Waals surface area contributed by atoms with Crippen molar-refractivity contribution in [2.75, 3.05) is 26.6 Å². The second-order valence-electron chi connectivity index (χ2n) is 3.78. The summed E-state index contributed by atoms with van der Waals surface area (Å²) in [4.78, 5) is 4.36. The summed E-state index contributed by atoms with van der Waals surface area (Å²) in [5, 5.41) is 3.09. The zero-order valence-electron chi connectivity index (χ0n) is 10.7. The maximum absolute atomic E-state index is 5.25. The van der Waals surface area contributed by atoms with Gasteiger partial charge in [0.1, 0.15) is 11.5 Å². The lowest BCUT2D eigenvalue weighted by Crippen LogP contribution is -1.92. The van der Waals surface area contributed by atoms with E-state index in [0.29, 0.717) is 0 Å². The highest BCUT2D eigenvalue weighted by Crippen LogP contribution is 2.29. The van der Waals surface area contributed by atoms with Crippen LogP contribution in [0, 0.1) is 0 Å². The number of nitrogens with one attached hydrogen (secondary N) is 1. The number of pyridine rings is 1. The predicted octanol–water partition coefficient (Wildman–Crippen LogP) is 2.81. The first-order valence-corrected chi connectivity index (χ1v) is 5.64. The van der Waals surface area contributed by atoms with Crippen LogP contribution >= 0.6 is 0 Å². The van der Waals surface area contributed by atoms with Gasteiger partial charge in [-0.25, -0.2) is 0 Å². The van der Waals surface area contributed by atoms with Gasteiger partial charge < -0.3 is 14.8 Å². The third-order valence-corrected chi connectivity index (χ3v) is 2.70. The number of hydrogen-bond acceptors (Lipinski definition) is 4. The second kappa shape index (κ2) is 5.40. The van der Waals surface area contributed by atoms with E-state index in [-0.39, 0.29) is 0 Å². The fraction of sp³-hybridized carbons (Fsp3) is 0.214. The molecule has 0 aliphatic rings. The van der Waals surface area contributed by atoms with Crippen LogP contribution in [0.1, 0.15) is 0 Å². The number of benzene rings is 1. The molecule has 0 unspecified atom stereocenters. The lowest BCUT2D eigenvalue weighted by atomic mass is 10.1. The Bertz CT molecular complexity index is 519. The standard InChI is InChI=1S/C14H16N2O2/c1-15-11-4-5-16-14(8-11)10-6-12(17-2)9-13(7-10)18-3/h4-9H,1-3H3,(H,15,16). The quantitative estimate of drug-likeness (QED) is 0.898. The summed E-state index contributed by atoms with van der Waals surface area (Å²) < 4.78 is 10.5. The number of ether oxygens (including phenoxy) is 2. The van der Waals surface area contributed by atoms with Gasteiger partial charge in [0.15, 0.2) is 0 Å². The normalized spacial score (nSPS) is 9.94. The summed E-state index contributed by atoms with van der Waals surface area (Å²) in [6, 6.07) is 9.61. The Morgan fingerprint density at radius 2 is 1.67 bits per heavy atom. The van der Waals surface area contributed by atoms with Gasteiger partial charge in [-0.2, -0.15) is 0 Å². The van der Waals surface area contributed by atoms with E-state index in [1.54, 1.807) is 20.4 Å². The molecule has 0 bridgehead atoms. The maximum Gasteiger partial charge on any atom is 0.123 e. The number of methoxy groups -OCH3 is 2. The van der Waals surface area contributed by atoms with E-state index in [9.17, 15) is 0 Å². The van der Waals surface area contributed by atoms with Crippen molar-refractivity contribution in [1.82, 2.24) is 4.98 Å². The van der Waals surface area contributed by atoms with Crippen LogP contribution in [0.25, 0.3) is 11.3 Å². The predicted molar refractivity (Wildman–Crippen MR) is 72.3 cm³/mol. The van der Waals surface area contributed by atoms with Crippen molar-refractivity contribution in [3.8, 4) is 22.8 Å². The first kappa shape index (κ1) is 12.2. The van der Waals surface area contributed by atoms with Crippen molar-refractivity contribution < 1.29 is 9.47 Å². The fourth-order valence-electron chi connectivity index (χ4n) is 1.70. The molecule has 0 amide bonds. The van der Waals surface area contributed by atoms with Gasteiger partial charge in [-0.15, -0.1) is 0 Å². The van der Waals surface area contributed by atoms with E-state index in [2.05, 4.69) is 10.3 Å². The zero-order chi connectivity index (χ0) is 13.0. The molecule has 2 rings (SSSR count). The summed E-state index contributed by atoms with van der Waals surface area (Å²) in [5.41, 5.74) is 2.85. The highest BCUT2D eigenvalue weighted by atomic mass is 16.5. The van der Waals surface area contributed by atoms with Crippen LogP contribution in [0.5, 0.6) is 11.5 Å². The number of hydrogen-bond donors (Lipinski definition) is 1. The molecule has 0 aliphatic heterocycles. The van der Waals surface area contributed by atoms with E-state index in [1.165, 1.54) is 0 Å². The molecule has 0 spiro atoms. The van der Waals surface area contributed by atoms with Crippen molar-refractivity contribution in [1.29, 1.82) is 0 Å². The molecule has 0 atom stereocenters. The highest BCUT2D eigenvalue weighted by Gasteiger charge is 2.05. The average Bonchev–Trinajstić information content (AvgIpc) is 2.46. The number of nitrogens with zero attached hydrogens (tertiary/aromatic N) is 1. The van der Waals surface area contributed by atoms with Crippen molar-refractivity contribution >= 4 is 5.69 Å². The first-order chi connectivity index (χ1) is 8.76. The molecular formula is C14H16N2O2. The van der Waals surface area contributed by atoms with Crippen LogP contribution in [-0.4, -0.2) is 26.3 Å². The van der Waals surface area contributed by atoms with E-state index in [0.717, 1.165) is 28.4 Å². The Morgan fingerprint density at radius 3 is 2.22 bits per heavy atom. The van der Waals surface area contributed by atoms with Gasteiger partial charge in [0.25, 0.3) is 0 Å². The van der Waals surface area contributed by atoms with Gasteiger partial charge in [-0.3, -0.25) is 4.98 Å². The minimum atomic E-state index is 0.751. The molecule has 1 aromatic carbocycles. The minimum Gasteiger partial charge on any atom is -0.497 e. The Balaban J connectivity index is 2.48. The van der Waals surface area contributed by atoms with E-state index >= 15 is 0 Å². The molecule has 0 saturated heterocycles. The highest BCUT2D eigenvalue weighted by molar-refractivity contribution is 5.67. The van der Waals surface area contributed by atoms with Gasteiger partial charge in [0.05, 0.1) is 19.9 Å². The van der Waals surface area contributed by atoms with Crippen molar-refractivity contribution in [2.24, 2.45) is 0 Å².